The fraction of sp³-hybridized carbons (Fsp3) is 0.0556. The quantitative estimate of drug-likeness (QED) is 0.312. The molecule has 140 valence electrons. The lowest BCUT2D eigenvalue weighted by molar-refractivity contribution is -0.384. The van der Waals surface area contributed by atoms with Crippen LogP contribution in [0.1, 0.15) is 15.9 Å². The number of rotatable bonds is 4. The number of carbonyl (C=O) groups is 1. The van der Waals surface area contributed by atoms with E-state index in [1.807, 2.05) is 0 Å². The van der Waals surface area contributed by atoms with Gasteiger partial charge in [-0.15, -0.1) is 0 Å². The van der Waals surface area contributed by atoms with Gasteiger partial charge in [-0.3, -0.25) is 14.9 Å². The maximum atomic E-state index is 12.1. The summed E-state index contributed by atoms with van der Waals surface area (Å²) < 4.78 is 10.7. The van der Waals surface area contributed by atoms with E-state index in [1.54, 1.807) is 18.2 Å². The van der Waals surface area contributed by atoms with E-state index in [2.05, 4.69) is 15.5 Å². The van der Waals surface area contributed by atoms with E-state index in [0.29, 0.717) is 22.6 Å². The summed E-state index contributed by atoms with van der Waals surface area (Å²) in [6.45, 7) is 0.155. The number of carbonyl (C=O) groups excluding carboxylic acids is 1. The molecule has 1 aliphatic rings. The van der Waals surface area contributed by atoms with Crippen molar-refractivity contribution in [2.75, 3.05) is 6.79 Å². The smallest absolute Gasteiger partial charge is 0.271 e. The monoisotopic (exact) mass is 398 g/mol. The number of non-ortho nitro benzene ring substituents is 1. The molecule has 0 aliphatic carbocycles. The maximum Gasteiger partial charge on any atom is 0.271 e. The van der Waals surface area contributed by atoms with Gasteiger partial charge in [0.1, 0.15) is 5.15 Å². The summed E-state index contributed by atoms with van der Waals surface area (Å²) in [5.74, 6) is 0.707. The number of benzene rings is 2. The van der Waals surface area contributed by atoms with Crippen molar-refractivity contribution in [2.24, 2.45) is 5.10 Å². The highest BCUT2D eigenvalue weighted by atomic mass is 35.5. The average molecular weight is 399 g/mol. The van der Waals surface area contributed by atoms with Crippen LogP contribution in [0.25, 0.3) is 10.9 Å². The standard InChI is InChI=1S/C18H11ClN4O5/c19-17-12(5-11-6-15-16(28-9-27-15)7-14(11)21-17)8-20-22-18(24)10-1-3-13(4-2-10)23(25)26/h1-8H,9H2,(H,22,24). The van der Waals surface area contributed by atoms with Gasteiger partial charge in [-0.25, -0.2) is 10.4 Å². The Kier molecular flexibility index (Phi) is 4.50. The van der Waals surface area contributed by atoms with Crippen molar-refractivity contribution in [3.63, 3.8) is 0 Å². The van der Waals surface area contributed by atoms with Crippen LogP contribution in [0.4, 0.5) is 5.69 Å². The lowest BCUT2D eigenvalue weighted by atomic mass is 10.1. The number of aromatic nitrogens is 1. The van der Waals surface area contributed by atoms with E-state index in [1.165, 1.54) is 30.5 Å². The highest BCUT2D eigenvalue weighted by molar-refractivity contribution is 6.32. The summed E-state index contributed by atoms with van der Waals surface area (Å²) in [6, 6.07) is 10.5. The molecule has 0 bridgehead atoms. The molecule has 1 N–H and O–H groups in total. The number of fused-ring (bicyclic) bond motifs is 2. The Morgan fingerprint density at radius 1 is 1.21 bits per heavy atom. The molecule has 3 aromatic rings. The summed E-state index contributed by atoms with van der Waals surface area (Å²) in [5, 5.41) is 15.5. The Hall–Kier alpha value is -3.72. The van der Waals surface area contributed by atoms with Gasteiger partial charge in [-0.1, -0.05) is 11.6 Å². The molecular formula is C18H11ClN4O5. The number of halogens is 1. The van der Waals surface area contributed by atoms with E-state index in [4.69, 9.17) is 21.1 Å². The molecule has 0 saturated heterocycles. The minimum atomic E-state index is -0.541. The summed E-state index contributed by atoms with van der Waals surface area (Å²) >= 11 is 6.18. The molecule has 0 radical (unpaired) electrons. The minimum absolute atomic E-state index is 0.102. The third kappa shape index (κ3) is 3.42. The van der Waals surface area contributed by atoms with E-state index in [0.717, 1.165) is 5.39 Å². The van der Waals surface area contributed by atoms with Gasteiger partial charge in [0.2, 0.25) is 6.79 Å². The Labute approximate surface area is 162 Å². The fourth-order valence-electron chi connectivity index (χ4n) is 2.61. The number of nitro groups is 1. The van der Waals surface area contributed by atoms with Gasteiger partial charge in [0.05, 0.1) is 16.7 Å². The molecule has 0 atom stereocenters. The number of nitrogens with one attached hydrogen (secondary N) is 1. The van der Waals surface area contributed by atoms with Gasteiger partial charge in [0.25, 0.3) is 11.6 Å². The van der Waals surface area contributed by atoms with Gasteiger partial charge >= 0.3 is 0 Å². The van der Waals surface area contributed by atoms with Crippen LogP contribution >= 0.6 is 11.6 Å². The lowest BCUT2D eigenvalue weighted by Gasteiger charge is -2.04. The Morgan fingerprint density at radius 3 is 2.64 bits per heavy atom. The average Bonchev–Trinajstić information content (AvgIpc) is 3.14. The van der Waals surface area contributed by atoms with E-state index in [-0.39, 0.29) is 23.2 Å². The maximum absolute atomic E-state index is 12.1. The molecule has 1 aromatic heterocycles. The van der Waals surface area contributed by atoms with Gasteiger partial charge in [0, 0.05) is 34.7 Å². The van der Waals surface area contributed by atoms with Crippen molar-refractivity contribution < 1.29 is 19.2 Å². The Bertz CT molecular complexity index is 1130. The summed E-state index contributed by atoms with van der Waals surface area (Å²) in [7, 11) is 0. The first kappa shape index (κ1) is 17.7. The van der Waals surface area contributed by atoms with Crippen LogP contribution < -0.4 is 14.9 Å². The van der Waals surface area contributed by atoms with Gasteiger partial charge in [-0.2, -0.15) is 5.10 Å². The van der Waals surface area contributed by atoms with Crippen LogP contribution in [0.3, 0.4) is 0 Å². The first-order valence-corrected chi connectivity index (χ1v) is 8.37. The first-order chi connectivity index (χ1) is 13.5. The Balaban J connectivity index is 1.51. The lowest BCUT2D eigenvalue weighted by Crippen LogP contribution is -2.17. The number of nitrogens with zero attached hydrogens (tertiary/aromatic N) is 3. The fourth-order valence-corrected chi connectivity index (χ4v) is 2.80. The van der Waals surface area contributed by atoms with Crippen molar-refractivity contribution in [3.8, 4) is 11.5 Å². The normalized spacial score (nSPS) is 12.5. The van der Waals surface area contributed by atoms with Crippen molar-refractivity contribution in [2.45, 2.75) is 0 Å². The zero-order chi connectivity index (χ0) is 19.7. The number of hydrogen-bond donors (Lipinski definition) is 1. The van der Waals surface area contributed by atoms with E-state index >= 15 is 0 Å². The molecular weight excluding hydrogens is 388 g/mol. The highest BCUT2D eigenvalue weighted by Crippen LogP contribution is 2.36. The van der Waals surface area contributed by atoms with Crippen molar-refractivity contribution in [1.82, 2.24) is 10.4 Å². The molecule has 0 saturated carbocycles. The number of hydrazone groups is 1. The van der Waals surface area contributed by atoms with Gasteiger partial charge in [-0.05, 0) is 24.3 Å². The van der Waals surface area contributed by atoms with E-state index in [9.17, 15) is 14.9 Å². The van der Waals surface area contributed by atoms with Gasteiger partial charge in [0.15, 0.2) is 11.5 Å². The third-order valence-electron chi connectivity index (χ3n) is 4.00. The SMILES string of the molecule is O=C(NN=Cc1cc2cc3c(cc2nc1Cl)OCO3)c1ccc([N+](=O)[O-])cc1. The van der Waals surface area contributed by atoms with Crippen LogP contribution in [0.5, 0.6) is 11.5 Å². The molecule has 1 amide bonds. The van der Waals surface area contributed by atoms with Crippen molar-refractivity contribution in [1.29, 1.82) is 0 Å². The number of nitro benzene ring substituents is 1. The number of ether oxygens (including phenoxy) is 2. The zero-order valence-corrected chi connectivity index (χ0v) is 14.8. The molecule has 2 aromatic carbocycles. The molecule has 0 spiro atoms. The third-order valence-corrected chi connectivity index (χ3v) is 4.30. The van der Waals surface area contributed by atoms with Crippen LogP contribution in [-0.2, 0) is 0 Å². The number of pyridine rings is 1. The van der Waals surface area contributed by atoms with Crippen LogP contribution in [0, 0.1) is 10.1 Å². The molecule has 28 heavy (non-hydrogen) atoms. The van der Waals surface area contributed by atoms with Crippen LogP contribution in [0.15, 0.2) is 47.6 Å². The second-order valence-electron chi connectivity index (χ2n) is 5.77. The highest BCUT2D eigenvalue weighted by Gasteiger charge is 2.16. The first-order valence-electron chi connectivity index (χ1n) is 7.99. The molecule has 9 nitrogen and oxygen atoms in total. The van der Waals surface area contributed by atoms with Crippen molar-refractivity contribution >= 4 is 40.3 Å². The number of hydrogen-bond acceptors (Lipinski definition) is 7. The molecule has 0 unspecified atom stereocenters. The minimum Gasteiger partial charge on any atom is -0.454 e. The zero-order valence-electron chi connectivity index (χ0n) is 14.1. The summed E-state index contributed by atoms with van der Waals surface area (Å²) in [4.78, 5) is 26.5. The molecule has 1 aliphatic heterocycles. The largest absolute Gasteiger partial charge is 0.454 e. The predicted octanol–water partition coefficient (Wildman–Crippen LogP) is 3.29. The molecule has 2 heterocycles. The van der Waals surface area contributed by atoms with Crippen LogP contribution in [-0.4, -0.2) is 28.8 Å². The Morgan fingerprint density at radius 2 is 1.93 bits per heavy atom. The number of amides is 1. The predicted molar refractivity (Wildman–Crippen MR) is 101 cm³/mol. The topological polar surface area (TPSA) is 116 Å². The molecule has 0 fully saturated rings. The van der Waals surface area contributed by atoms with Gasteiger partial charge < -0.3 is 9.47 Å². The second-order valence-corrected chi connectivity index (χ2v) is 6.13. The van der Waals surface area contributed by atoms with E-state index < -0.39 is 10.8 Å². The second kappa shape index (κ2) is 7.12. The summed E-state index contributed by atoms with van der Waals surface area (Å²) in [5.41, 5.74) is 3.61. The summed E-state index contributed by atoms with van der Waals surface area (Å²) in [6.07, 6.45) is 1.36. The van der Waals surface area contributed by atoms with Crippen LogP contribution in [0.2, 0.25) is 5.15 Å². The molecule has 4 rings (SSSR count). The molecule has 10 heteroatoms. The van der Waals surface area contributed by atoms with Crippen molar-refractivity contribution in [3.05, 3.63) is 68.9 Å².